The van der Waals surface area contributed by atoms with Crippen LogP contribution in [-0.4, -0.2) is 45.2 Å². The Hall–Kier alpha value is -1.71. The molecule has 182 valence electrons. The van der Waals surface area contributed by atoms with Crippen molar-refractivity contribution in [3.8, 4) is 11.5 Å². The number of ether oxygens (including phenoxy) is 2. The molecule has 1 aliphatic rings. The van der Waals surface area contributed by atoms with Crippen molar-refractivity contribution >= 4 is 35.8 Å². The zero-order valence-corrected chi connectivity index (χ0v) is 22.6. The lowest BCUT2D eigenvalue weighted by atomic mass is 9.64. The van der Waals surface area contributed by atoms with Crippen LogP contribution >= 0.6 is 24.0 Å². The van der Waals surface area contributed by atoms with Gasteiger partial charge in [-0.05, 0) is 62.1 Å². The molecule has 2 rings (SSSR count). The van der Waals surface area contributed by atoms with Gasteiger partial charge in [-0.15, -0.1) is 24.0 Å². The first-order valence-corrected chi connectivity index (χ1v) is 11.5. The molecule has 1 aromatic rings. The molecule has 1 aliphatic carbocycles. The molecular weight excluding hydrogens is 519 g/mol. The third-order valence-corrected chi connectivity index (χ3v) is 5.61. The van der Waals surface area contributed by atoms with E-state index >= 15 is 0 Å². The highest BCUT2D eigenvalue weighted by Crippen LogP contribution is 2.45. The number of aliphatic imine (C=N–C) groups is 1. The van der Waals surface area contributed by atoms with E-state index in [0.29, 0.717) is 35.9 Å². The van der Waals surface area contributed by atoms with Crippen molar-refractivity contribution in [2.45, 2.75) is 59.9 Å². The number of benzene rings is 1. The van der Waals surface area contributed by atoms with E-state index < -0.39 is 0 Å². The number of hydrogen-bond acceptors (Lipinski definition) is 4. The molecule has 1 fully saturated rings. The average Bonchev–Trinajstić information content (AvgIpc) is 2.72. The third-order valence-electron chi connectivity index (χ3n) is 5.61. The molecule has 0 unspecified atom stereocenters. The molecule has 0 bridgehead atoms. The summed E-state index contributed by atoms with van der Waals surface area (Å²) in [5.74, 6) is 2.55. The standard InChI is InChI=1S/C24H40N4O3.HI/c1-6-25-22(29)16-31-20-10-9-19(13-21(20)30-5)15-27-23(26-7-2)28-17-24(11-8-12-24)14-18(3)4;/h9-10,13,18H,6-8,11-12,14-17H2,1-5H3,(H,25,29)(H2,26,27,28);1H. The van der Waals surface area contributed by atoms with Gasteiger partial charge in [0.25, 0.3) is 5.91 Å². The van der Waals surface area contributed by atoms with E-state index in [0.717, 1.165) is 24.6 Å². The third kappa shape index (κ3) is 9.03. The second-order valence-corrected chi connectivity index (χ2v) is 8.73. The van der Waals surface area contributed by atoms with Crippen LogP contribution in [0, 0.1) is 11.3 Å². The molecule has 0 atom stereocenters. The Morgan fingerprint density at radius 3 is 2.41 bits per heavy atom. The van der Waals surface area contributed by atoms with Crippen LogP contribution in [0.15, 0.2) is 23.2 Å². The number of rotatable bonds is 12. The maximum atomic E-state index is 11.6. The molecule has 1 saturated carbocycles. The van der Waals surface area contributed by atoms with Gasteiger partial charge in [0.1, 0.15) is 0 Å². The van der Waals surface area contributed by atoms with Gasteiger partial charge in [-0.1, -0.05) is 26.3 Å². The van der Waals surface area contributed by atoms with Gasteiger partial charge < -0.3 is 25.4 Å². The lowest BCUT2D eigenvalue weighted by Crippen LogP contribution is -2.47. The summed E-state index contributed by atoms with van der Waals surface area (Å²) in [6.07, 6.45) is 5.18. The van der Waals surface area contributed by atoms with Gasteiger partial charge in [0, 0.05) is 19.6 Å². The van der Waals surface area contributed by atoms with Crippen molar-refractivity contribution in [3.63, 3.8) is 0 Å². The molecule has 1 amide bonds. The lowest BCUT2D eigenvalue weighted by molar-refractivity contribution is -0.123. The number of hydrogen-bond donors (Lipinski definition) is 3. The Labute approximate surface area is 210 Å². The predicted octanol–water partition coefficient (Wildman–Crippen LogP) is 4.10. The molecule has 8 heteroatoms. The Morgan fingerprint density at radius 1 is 1.12 bits per heavy atom. The molecule has 0 radical (unpaired) electrons. The van der Waals surface area contributed by atoms with Gasteiger partial charge >= 0.3 is 0 Å². The number of likely N-dealkylation sites (N-methyl/N-ethyl adjacent to an activating group) is 1. The van der Waals surface area contributed by atoms with E-state index in [-0.39, 0.29) is 36.5 Å². The quantitative estimate of drug-likeness (QED) is 0.204. The van der Waals surface area contributed by atoms with Crippen molar-refractivity contribution in [2.75, 3.05) is 33.4 Å². The molecule has 1 aromatic carbocycles. The molecule has 3 N–H and O–H groups in total. The van der Waals surface area contributed by atoms with Gasteiger partial charge in [-0.25, -0.2) is 4.99 Å². The zero-order chi connectivity index (χ0) is 22.7. The Balaban J connectivity index is 0.00000512. The van der Waals surface area contributed by atoms with Crippen molar-refractivity contribution in [1.29, 1.82) is 0 Å². The molecule has 0 spiro atoms. The average molecular weight is 561 g/mol. The number of guanidine groups is 1. The second-order valence-electron chi connectivity index (χ2n) is 8.73. The summed E-state index contributed by atoms with van der Waals surface area (Å²) in [7, 11) is 1.60. The van der Waals surface area contributed by atoms with E-state index in [1.54, 1.807) is 7.11 Å². The van der Waals surface area contributed by atoms with E-state index in [1.807, 2.05) is 25.1 Å². The number of halogens is 1. The maximum absolute atomic E-state index is 11.6. The lowest BCUT2D eigenvalue weighted by Gasteiger charge is -2.43. The van der Waals surface area contributed by atoms with Gasteiger partial charge in [-0.3, -0.25) is 4.79 Å². The Morgan fingerprint density at radius 2 is 1.84 bits per heavy atom. The van der Waals surface area contributed by atoms with Crippen LogP contribution in [0.2, 0.25) is 0 Å². The maximum Gasteiger partial charge on any atom is 0.257 e. The van der Waals surface area contributed by atoms with Crippen LogP contribution in [-0.2, 0) is 11.3 Å². The molecule has 0 heterocycles. The normalized spacial score (nSPS) is 14.8. The summed E-state index contributed by atoms with van der Waals surface area (Å²) in [5.41, 5.74) is 1.43. The number of nitrogens with one attached hydrogen (secondary N) is 3. The number of methoxy groups -OCH3 is 1. The first kappa shape index (κ1) is 28.3. The van der Waals surface area contributed by atoms with Crippen LogP contribution in [0.25, 0.3) is 0 Å². The largest absolute Gasteiger partial charge is 0.493 e. The Bertz CT molecular complexity index is 736. The summed E-state index contributed by atoms with van der Waals surface area (Å²) < 4.78 is 11.0. The van der Waals surface area contributed by atoms with Gasteiger partial charge in [0.05, 0.1) is 13.7 Å². The summed E-state index contributed by atoms with van der Waals surface area (Å²) in [6, 6.07) is 5.69. The summed E-state index contributed by atoms with van der Waals surface area (Å²) >= 11 is 0. The van der Waals surface area contributed by atoms with Crippen molar-refractivity contribution in [2.24, 2.45) is 16.3 Å². The zero-order valence-electron chi connectivity index (χ0n) is 20.3. The highest BCUT2D eigenvalue weighted by molar-refractivity contribution is 14.0. The predicted molar refractivity (Wildman–Crippen MR) is 141 cm³/mol. The van der Waals surface area contributed by atoms with Gasteiger partial charge in [0.15, 0.2) is 24.1 Å². The summed E-state index contributed by atoms with van der Waals surface area (Å²) in [4.78, 5) is 16.4. The SMILES string of the molecule is CCNC(=O)COc1ccc(CN=C(NCC)NCC2(CC(C)C)CCC2)cc1OC.I. The van der Waals surface area contributed by atoms with E-state index in [4.69, 9.17) is 14.5 Å². The minimum absolute atomic E-state index is 0. The van der Waals surface area contributed by atoms with E-state index in [2.05, 4.69) is 36.7 Å². The molecule has 7 nitrogen and oxygen atoms in total. The monoisotopic (exact) mass is 560 g/mol. The van der Waals surface area contributed by atoms with Crippen LogP contribution < -0.4 is 25.4 Å². The van der Waals surface area contributed by atoms with Crippen LogP contribution in [0.4, 0.5) is 0 Å². The van der Waals surface area contributed by atoms with Gasteiger partial charge in [-0.2, -0.15) is 0 Å². The molecular formula is C24H41IN4O3. The molecule has 0 aliphatic heterocycles. The highest BCUT2D eigenvalue weighted by Gasteiger charge is 2.37. The van der Waals surface area contributed by atoms with Crippen molar-refractivity contribution in [1.82, 2.24) is 16.0 Å². The van der Waals surface area contributed by atoms with Crippen molar-refractivity contribution in [3.05, 3.63) is 23.8 Å². The summed E-state index contributed by atoms with van der Waals surface area (Å²) in [5, 5.41) is 9.63. The second kappa shape index (κ2) is 14.4. The molecule has 32 heavy (non-hydrogen) atoms. The fourth-order valence-electron chi connectivity index (χ4n) is 4.10. The first-order chi connectivity index (χ1) is 14.9. The molecule has 0 saturated heterocycles. The van der Waals surface area contributed by atoms with Gasteiger partial charge in [0.2, 0.25) is 0 Å². The number of carbonyl (C=O) groups is 1. The topological polar surface area (TPSA) is 84.0 Å². The fraction of sp³-hybridized carbons (Fsp3) is 0.667. The minimum Gasteiger partial charge on any atom is -0.493 e. The number of amides is 1. The smallest absolute Gasteiger partial charge is 0.257 e. The number of carbonyl (C=O) groups excluding carboxylic acids is 1. The fourth-order valence-corrected chi connectivity index (χ4v) is 4.10. The summed E-state index contributed by atoms with van der Waals surface area (Å²) in [6.45, 7) is 11.4. The van der Waals surface area contributed by atoms with Crippen molar-refractivity contribution < 1.29 is 14.3 Å². The first-order valence-electron chi connectivity index (χ1n) is 11.5. The highest BCUT2D eigenvalue weighted by atomic mass is 127. The van der Waals surface area contributed by atoms with Crippen LogP contribution in [0.1, 0.15) is 58.9 Å². The Kier molecular flexibility index (Phi) is 12.8. The minimum atomic E-state index is -0.152. The molecule has 0 aromatic heterocycles. The van der Waals surface area contributed by atoms with E-state index in [1.165, 1.54) is 25.7 Å². The van der Waals surface area contributed by atoms with E-state index in [9.17, 15) is 4.79 Å². The van der Waals surface area contributed by atoms with Crippen LogP contribution in [0.5, 0.6) is 11.5 Å². The number of nitrogens with zero attached hydrogens (tertiary/aromatic N) is 1. The van der Waals surface area contributed by atoms with Crippen LogP contribution in [0.3, 0.4) is 0 Å².